The fourth-order valence-electron chi connectivity index (χ4n) is 1.77. The van der Waals surface area contributed by atoms with Crippen molar-refractivity contribution in [3.05, 3.63) is 47.9 Å². The lowest BCUT2D eigenvalue weighted by atomic mass is 9.95. The van der Waals surface area contributed by atoms with E-state index in [1.165, 1.54) is 6.26 Å². The van der Waals surface area contributed by atoms with E-state index in [1.807, 2.05) is 20.8 Å². The molecule has 2 aromatic rings. The molecule has 2 amide bonds. The highest BCUT2D eigenvalue weighted by Crippen LogP contribution is 2.19. The lowest BCUT2D eigenvalue weighted by Gasteiger charge is -2.17. The molecule has 2 N–H and O–H groups in total. The van der Waals surface area contributed by atoms with Crippen molar-refractivity contribution in [2.75, 3.05) is 10.6 Å². The van der Waals surface area contributed by atoms with Crippen molar-refractivity contribution in [1.29, 1.82) is 0 Å². The maximum Gasteiger partial charge on any atom is 0.259 e. The number of anilines is 2. The topological polar surface area (TPSA) is 71.3 Å². The Bertz CT molecular complexity index is 679. The van der Waals surface area contributed by atoms with Gasteiger partial charge in [-0.25, -0.2) is 0 Å². The molecule has 0 radical (unpaired) electrons. The summed E-state index contributed by atoms with van der Waals surface area (Å²) in [6.45, 7) is 7.29. The Balaban J connectivity index is 2.02. The van der Waals surface area contributed by atoms with Gasteiger partial charge in [-0.2, -0.15) is 0 Å². The van der Waals surface area contributed by atoms with E-state index >= 15 is 0 Å². The fourth-order valence-corrected chi connectivity index (χ4v) is 1.77. The van der Waals surface area contributed by atoms with E-state index in [4.69, 9.17) is 4.42 Å². The molecule has 0 saturated carbocycles. The van der Waals surface area contributed by atoms with Gasteiger partial charge in [-0.15, -0.1) is 0 Å². The van der Waals surface area contributed by atoms with Crippen LogP contribution in [0, 0.1) is 12.3 Å². The van der Waals surface area contributed by atoms with Crippen LogP contribution in [0.4, 0.5) is 11.4 Å². The lowest BCUT2D eigenvalue weighted by Crippen LogP contribution is -2.27. The van der Waals surface area contributed by atoms with Crippen LogP contribution in [0.5, 0.6) is 0 Å². The van der Waals surface area contributed by atoms with Crippen LogP contribution >= 0.6 is 0 Å². The van der Waals surface area contributed by atoms with Crippen LogP contribution in [0.15, 0.2) is 41.0 Å². The minimum absolute atomic E-state index is 0.0571. The van der Waals surface area contributed by atoms with Gasteiger partial charge in [0.15, 0.2) is 0 Å². The molecule has 0 spiro atoms. The molecule has 0 saturated heterocycles. The van der Waals surface area contributed by atoms with Crippen LogP contribution < -0.4 is 10.6 Å². The maximum atomic E-state index is 12.0. The van der Waals surface area contributed by atoms with Gasteiger partial charge in [-0.3, -0.25) is 9.59 Å². The Morgan fingerprint density at radius 1 is 0.955 bits per heavy atom. The van der Waals surface area contributed by atoms with Crippen LogP contribution in [0.3, 0.4) is 0 Å². The molecule has 0 aliphatic carbocycles. The SMILES string of the molecule is Cc1occc1C(=O)Nc1ccc(NC(=O)C(C)(C)C)cc1. The summed E-state index contributed by atoms with van der Waals surface area (Å²) < 4.78 is 5.11. The van der Waals surface area contributed by atoms with Gasteiger partial charge in [0.2, 0.25) is 5.91 Å². The quantitative estimate of drug-likeness (QED) is 0.905. The third-order valence-corrected chi connectivity index (χ3v) is 3.19. The number of carbonyl (C=O) groups excluding carboxylic acids is 2. The molecule has 0 unspecified atom stereocenters. The van der Waals surface area contributed by atoms with Crippen molar-refractivity contribution >= 4 is 23.2 Å². The number of aryl methyl sites for hydroxylation is 1. The van der Waals surface area contributed by atoms with Gasteiger partial charge in [0.1, 0.15) is 5.76 Å². The average molecular weight is 300 g/mol. The smallest absolute Gasteiger partial charge is 0.259 e. The van der Waals surface area contributed by atoms with E-state index in [-0.39, 0.29) is 11.8 Å². The number of hydrogen-bond donors (Lipinski definition) is 2. The molecule has 1 aromatic heterocycles. The molecule has 0 aliphatic rings. The number of amides is 2. The standard InChI is InChI=1S/C17H20N2O3/c1-11-14(9-10-22-11)15(20)18-12-5-7-13(8-6-12)19-16(21)17(2,3)4/h5-10H,1-4H3,(H,18,20)(H,19,21). The minimum Gasteiger partial charge on any atom is -0.469 e. The van der Waals surface area contributed by atoms with Gasteiger partial charge in [-0.05, 0) is 37.3 Å². The van der Waals surface area contributed by atoms with E-state index in [0.29, 0.717) is 22.7 Å². The molecule has 116 valence electrons. The first-order valence-corrected chi connectivity index (χ1v) is 7.04. The number of furan rings is 1. The Morgan fingerprint density at radius 2 is 1.50 bits per heavy atom. The number of carbonyl (C=O) groups is 2. The van der Waals surface area contributed by atoms with E-state index in [2.05, 4.69) is 10.6 Å². The highest BCUT2D eigenvalue weighted by atomic mass is 16.3. The third-order valence-electron chi connectivity index (χ3n) is 3.19. The summed E-state index contributed by atoms with van der Waals surface area (Å²) in [6, 6.07) is 8.61. The summed E-state index contributed by atoms with van der Waals surface area (Å²) in [5.41, 5.74) is 1.40. The van der Waals surface area contributed by atoms with E-state index in [1.54, 1.807) is 37.3 Å². The number of nitrogens with one attached hydrogen (secondary N) is 2. The summed E-state index contributed by atoms with van der Waals surface area (Å²) in [6.07, 6.45) is 1.48. The van der Waals surface area contributed by atoms with E-state index in [9.17, 15) is 9.59 Å². The number of benzene rings is 1. The third kappa shape index (κ3) is 3.75. The van der Waals surface area contributed by atoms with Crippen LogP contribution in [0.25, 0.3) is 0 Å². The molecule has 5 heteroatoms. The molecular formula is C17H20N2O3. The van der Waals surface area contributed by atoms with E-state index in [0.717, 1.165) is 0 Å². The minimum atomic E-state index is -0.453. The largest absolute Gasteiger partial charge is 0.469 e. The predicted octanol–water partition coefficient (Wildman–Crippen LogP) is 3.82. The Labute approximate surface area is 129 Å². The molecule has 1 heterocycles. The van der Waals surface area contributed by atoms with Crippen LogP contribution in [-0.2, 0) is 4.79 Å². The molecule has 0 fully saturated rings. The average Bonchev–Trinajstić information content (AvgIpc) is 2.86. The predicted molar refractivity (Wildman–Crippen MR) is 85.9 cm³/mol. The lowest BCUT2D eigenvalue weighted by molar-refractivity contribution is -0.123. The van der Waals surface area contributed by atoms with Crippen LogP contribution in [0.2, 0.25) is 0 Å². The van der Waals surface area contributed by atoms with Crippen molar-refractivity contribution in [1.82, 2.24) is 0 Å². The number of rotatable bonds is 3. The van der Waals surface area contributed by atoms with Gasteiger partial charge in [-0.1, -0.05) is 20.8 Å². The van der Waals surface area contributed by atoms with Crippen LogP contribution in [0.1, 0.15) is 36.9 Å². The summed E-state index contributed by atoms with van der Waals surface area (Å²) in [5, 5.41) is 5.62. The molecule has 0 atom stereocenters. The first-order chi connectivity index (χ1) is 10.3. The molecule has 0 bridgehead atoms. The van der Waals surface area contributed by atoms with Gasteiger partial charge in [0.25, 0.3) is 5.91 Å². The molecule has 5 nitrogen and oxygen atoms in total. The highest BCUT2D eigenvalue weighted by molar-refractivity contribution is 6.05. The Hall–Kier alpha value is -2.56. The van der Waals surface area contributed by atoms with Crippen molar-refractivity contribution in [3.63, 3.8) is 0 Å². The summed E-state index contributed by atoms with van der Waals surface area (Å²) in [4.78, 5) is 23.9. The van der Waals surface area contributed by atoms with Crippen molar-refractivity contribution < 1.29 is 14.0 Å². The summed E-state index contributed by atoms with van der Waals surface area (Å²) in [5.74, 6) is 0.294. The normalized spacial score (nSPS) is 11.1. The van der Waals surface area contributed by atoms with Gasteiger partial charge in [0.05, 0.1) is 11.8 Å². The second-order valence-corrected chi connectivity index (χ2v) is 6.13. The molecule has 0 aliphatic heterocycles. The first kappa shape index (κ1) is 15.8. The van der Waals surface area contributed by atoms with Gasteiger partial charge in [0, 0.05) is 16.8 Å². The van der Waals surface area contributed by atoms with Crippen molar-refractivity contribution in [2.24, 2.45) is 5.41 Å². The van der Waals surface area contributed by atoms with Crippen molar-refractivity contribution in [2.45, 2.75) is 27.7 Å². The second kappa shape index (κ2) is 6.05. The molecule has 2 rings (SSSR count). The first-order valence-electron chi connectivity index (χ1n) is 7.04. The zero-order valence-electron chi connectivity index (χ0n) is 13.2. The van der Waals surface area contributed by atoms with E-state index < -0.39 is 5.41 Å². The fraction of sp³-hybridized carbons (Fsp3) is 0.294. The van der Waals surface area contributed by atoms with Crippen LogP contribution in [-0.4, -0.2) is 11.8 Å². The zero-order chi connectivity index (χ0) is 16.3. The van der Waals surface area contributed by atoms with Gasteiger partial charge < -0.3 is 15.1 Å². The molecular weight excluding hydrogens is 280 g/mol. The summed E-state index contributed by atoms with van der Waals surface area (Å²) in [7, 11) is 0. The zero-order valence-corrected chi connectivity index (χ0v) is 13.2. The maximum absolute atomic E-state index is 12.0. The molecule has 1 aromatic carbocycles. The molecule has 22 heavy (non-hydrogen) atoms. The second-order valence-electron chi connectivity index (χ2n) is 6.13. The Morgan fingerprint density at radius 3 is 1.95 bits per heavy atom. The van der Waals surface area contributed by atoms with Gasteiger partial charge >= 0.3 is 0 Å². The summed E-state index contributed by atoms with van der Waals surface area (Å²) >= 11 is 0. The monoisotopic (exact) mass is 300 g/mol. The number of hydrogen-bond acceptors (Lipinski definition) is 3. The highest BCUT2D eigenvalue weighted by Gasteiger charge is 2.21. The van der Waals surface area contributed by atoms with Crippen molar-refractivity contribution in [3.8, 4) is 0 Å². The Kier molecular flexibility index (Phi) is 4.35.